The van der Waals surface area contributed by atoms with Crippen LogP contribution in [-0.2, 0) is 31.8 Å². The fourth-order valence-electron chi connectivity index (χ4n) is 3.39. The van der Waals surface area contributed by atoms with E-state index in [1.807, 2.05) is 24.3 Å². The SMILES string of the molecule is CCc1c(OCOC)cc(OCOC)c(-c2ccccc2)c1CCCOC(C)C(N)=O. The van der Waals surface area contributed by atoms with Gasteiger partial charge in [0.25, 0.3) is 0 Å². The molecule has 1 amide bonds. The Hall–Kier alpha value is -2.61. The first-order chi connectivity index (χ1) is 15.0. The first kappa shape index (κ1) is 24.7. The van der Waals surface area contributed by atoms with E-state index in [1.54, 1.807) is 21.1 Å². The lowest BCUT2D eigenvalue weighted by molar-refractivity contribution is -0.128. The Morgan fingerprint density at radius 3 is 2.23 bits per heavy atom. The number of methoxy groups -OCH3 is 2. The molecule has 0 bridgehead atoms. The highest BCUT2D eigenvalue weighted by molar-refractivity contribution is 5.78. The first-order valence-electron chi connectivity index (χ1n) is 10.4. The number of benzene rings is 2. The Balaban J connectivity index is 2.48. The van der Waals surface area contributed by atoms with Crippen molar-refractivity contribution in [1.82, 2.24) is 0 Å². The third-order valence-electron chi connectivity index (χ3n) is 4.89. The predicted octanol–water partition coefficient (Wildman–Crippen LogP) is 3.70. The molecule has 2 aromatic rings. The van der Waals surface area contributed by atoms with Crippen molar-refractivity contribution in [2.75, 3.05) is 34.4 Å². The van der Waals surface area contributed by atoms with Gasteiger partial charge in [-0.2, -0.15) is 0 Å². The topological polar surface area (TPSA) is 89.2 Å². The van der Waals surface area contributed by atoms with E-state index in [-0.39, 0.29) is 13.6 Å². The van der Waals surface area contributed by atoms with Crippen molar-refractivity contribution in [1.29, 1.82) is 0 Å². The second-order valence-corrected chi connectivity index (χ2v) is 7.05. The summed E-state index contributed by atoms with van der Waals surface area (Å²) in [5.41, 5.74) is 9.53. The third-order valence-corrected chi connectivity index (χ3v) is 4.89. The fourth-order valence-corrected chi connectivity index (χ4v) is 3.39. The minimum atomic E-state index is -0.615. The minimum absolute atomic E-state index is 0.119. The molecule has 31 heavy (non-hydrogen) atoms. The van der Waals surface area contributed by atoms with Crippen LogP contribution in [-0.4, -0.2) is 46.4 Å². The first-order valence-corrected chi connectivity index (χ1v) is 10.4. The lowest BCUT2D eigenvalue weighted by Gasteiger charge is -2.22. The van der Waals surface area contributed by atoms with Crippen molar-refractivity contribution in [3.8, 4) is 22.6 Å². The molecule has 0 aliphatic rings. The molecule has 0 heterocycles. The van der Waals surface area contributed by atoms with E-state index in [0.29, 0.717) is 25.2 Å². The Bertz CT molecular complexity index is 825. The van der Waals surface area contributed by atoms with Crippen molar-refractivity contribution in [3.63, 3.8) is 0 Å². The van der Waals surface area contributed by atoms with E-state index < -0.39 is 12.0 Å². The highest BCUT2D eigenvalue weighted by atomic mass is 16.7. The molecule has 0 saturated carbocycles. The van der Waals surface area contributed by atoms with Crippen molar-refractivity contribution in [3.05, 3.63) is 47.5 Å². The number of carbonyl (C=O) groups excluding carboxylic acids is 1. The van der Waals surface area contributed by atoms with Crippen LogP contribution >= 0.6 is 0 Å². The molecule has 7 nitrogen and oxygen atoms in total. The van der Waals surface area contributed by atoms with Gasteiger partial charge < -0.3 is 29.4 Å². The van der Waals surface area contributed by atoms with E-state index in [9.17, 15) is 4.79 Å². The molecule has 2 N–H and O–H groups in total. The number of rotatable bonds is 14. The lowest BCUT2D eigenvalue weighted by Crippen LogP contribution is -2.28. The van der Waals surface area contributed by atoms with Gasteiger partial charge in [0.1, 0.15) is 17.6 Å². The number of hydrogen-bond acceptors (Lipinski definition) is 6. The summed E-state index contributed by atoms with van der Waals surface area (Å²) in [4.78, 5) is 11.2. The quantitative estimate of drug-likeness (QED) is 0.362. The zero-order valence-corrected chi connectivity index (χ0v) is 18.8. The number of hydrogen-bond donors (Lipinski definition) is 1. The maximum Gasteiger partial charge on any atom is 0.246 e. The summed E-state index contributed by atoms with van der Waals surface area (Å²) in [6.07, 6.45) is 1.59. The highest BCUT2D eigenvalue weighted by Gasteiger charge is 2.21. The zero-order valence-electron chi connectivity index (χ0n) is 18.8. The molecule has 0 aliphatic carbocycles. The highest BCUT2D eigenvalue weighted by Crippen LogP contribution is 2.41. The molecule has 1 atom stereocenters. The van der Waals surface area contributed by atoms with Gasteiger partial charge >= 0.3 is 0 Å². The fraction of sp³-hybridized carbons (Fsp3) is 0.458. The molecule has 0 aliphatic heterocycles. The van der Waals surface area contributed by atoms with E-state index >= 15 is 0 Å². The molecule has 0 fully saturated rings. The van der Waals surface area contributed by atoms with Crippen molar-refractivity contribution in [2.45, 2.75) is 39.2 Å². The van der Waals surface area contributed by atoms with Crippen LogP contribution in [0.4, 0.5) is 0 Å². The smallest absolute Gasteiger partial charge is 0.246 e. The summed E-state index contributed by atoms with van der Waals surface area (Å²) in [6.45, 7) is 4.42. The van der Waals surface area contributed by atoms with Crippen LogP contribution in [0.5, 0.6) is 11.5 Å². The molecular formula is C24H33NO6. The molecule has 0 spiro atoms. The van der Waals surface area contributed by atoms with Gasteiger partial charge in [-0.1, -0.05) is 37.3 Å². The normalized spacial score (nSPS) is 11.9. The lowest BCUT2D eigenvalue weighted by atomic mass is 9.89. The van der Waals surface area contributed by atoms with Gasteiger partial charge in [0.2, 0.25) is 5.91 Å². The van der Waals surface area contributed by atoms with Crippen LogP contribution < -0.4 is 15.2 Å². The van der Waals surface area contributed by atoms with Crippen molar-refractivity contribution >= 4 is 5.91 Å². The summed E-state index contributed by atoms with van der Waals surface area (Å²) < 4.78 is 27.6. The van der Waals surface area contributed by atoms with Gasteiger partial charge in [0.15, 0.2) is 13.6 Å². The van der Waals surface area contributed by atoms with Crippen molar-refractivity contribution in [2.24, 2.45) is 5.73 Å². The second kappa shape index (κ2) is 12.9. The number of primary amides is 1. The molecular weight excluding hydrogens is 398 g/mol. The summed E-state index contributed by atoms with van der Waals surface area (Å²) >= 11 is 0. The van der Waals surface area contributed by atoms with Gasteiger partial charge in [0.05, 0.1) is 0 Å². The summed E-state index contributed by atoms with van der Waals surface area (Å²) in [5.74, 6) is 0.929. The second-order valence-electron chi connectivity index (χ2n) is 7.05. The largest absolute Gasteiger partial charge is 0.467 e. The maximum absolute atomic E-state index is 11.2. The standard InChI is InChI=1S/C24H33NO6/c1-5-19-20(12-9-13-29-17(2)24(25)26)23(18-10-7-6-8-11-18)22(31-16-28-4)14-21(19)30-15-27-3/h6-8,10-11,14,17H,5,9,12-13,15-16H2,1-4H3,(H2,25,26). The van der Waals surface area contributed by atoms with E-state index in [2.05, 4.69) is 19.1 Å². The van der Waals surface area contributed by atoms with Crippen LogP contribution in [0, 0.1) is 0 Å². The van der Waals surface area contributed by atoms with Crippen LogP contribution in [0.2, 0.25) is 0 Å². The van der Waals surface area contributed by atoms with Gasteiger partial charge in [-0.15, -0.1) is 0 Å². The zero-order chi connectivity index (χ0) is 22.6. The van der Waals surface area contributed by atoms with Crippen LogP contribution in [0.1, 0.15) is 31.4 Å². The van der Waals surface area contributed by atoms with Crippen molar-refractivity contribution < 1.29 is 28.5 Å². The number of carbonyl (C=O) groups is 1. The predicted molar refractivity (Wildman–Crippen MR) is 119 cm³/mol. The van der Waals surface area contributed by atoms with Gasteiger partial charge in [-0.05, 0) is 42.9 Å². The minimum Gasteiger partial charge on any atom is -0.467 e. The molecule has 170 valence electrons. The number of amides is 1. The molecule has 1 unspecified atom stereocenters. The van der Waals surface area contributed by atoms with E-state index in [4.69, 9.17) is 29.4 Å². The summed E-state index contributed by atoms with van der Waals surface area (Å²) in [5, 5.41) is 0. The Morgan fingerprint density at radius 2 is 1.65 bits per heavy atom. The molecule has 0 aromatic heterocycles. The Morgan fingerprint density at radius 1 is 1.00 bits per heavy atom. The number of ether oxygens (including phenoxy) is 5. The summed E-state index contributed by atoms with van der Waals surface area (Å²) in [7, 11) is 3.17. The molecule has 7 heteroatoms. The Kier molecular flexibility index (Phi) is 10.3. The number of nitrogens with two attached hydrogens (primary N) is 1. The third kappa shape index (κ3) is 6.95. The van der Waals surface area contributed by atoms with E-state index in [1.165, 1.54) is 0 Å². The van der Waals surface area contributed by atoms with Gasteiger partial charge in [-0.3, -0.25) is 4.79 Å². The molecule has 2 rings (SSSR count). The Labute approximate surface area is 184 Å². The average Bonchev–Trinajstić information content (AvgIpc) is 2.78. The van der Waals surface area contributed by atoms with Gasteiger partial charge in [-0.25, -0.2) is 0 Å². The van der Waals surface area contributed by atoms with Gasteiger partial charge in [0, 0.05) is 32.5 Å². The molecule has 2 aromatic carbocycles. The molecule has 0 saturated heterocycles. The monoisotopic (exact) mass is 431 g/mol. The average molecular weight is 432 g/mol. The van der Waals surface area contributed by atoms with Crippen LogP contribution in [0.25, 0.3) is 11.1 Å². The maximum atomic E-state index is 11.2. The van der Waals surface area contributed by atoms with Crippen LogP contribution in [0.15, 0.2) is 36.4 Å². The summed E-state index contributed by atoms with van der Waals surface area (Å²) in [6, 6.07) is 12.0. The molecule has 0 radical (unpaired) electrons. The van der Waals surface area contributed by atoms with E-state index in [0.717, 1.165) is 34.4 Å². The van der Waals surface area contributed by atoms with Crippen LogP contribution in [0.3, 0.4) is 0 Å².